The number of aromatic nitrogens is 1. The minimum absolute atomic E-state index is 0.0328. The summed E-state index contributed by atoms with van der Waals surface area (Å²) in [7, 11) is -4.45. The van der Waals surface area contributed by atoms with Crippen LogP contribution in [0, 0.1) is 11.8 Å². The smallest absolute Gasteiger partial charge is 0.355 e. The number of esters is 1. The number of ether oxygens (including phenoxy) is 2. The lowest BCUT2D eigenvalue weighted by Gasteiger charge is -2.44. The van der Waals surface area contributed by atoms with Gasteiger partial charge < -0.3 is 34.0 Å². The number of rotatable bonds is 14. The lowest BCUT2D eigenvalue weighted by atomic mass is 9.90. The highest BCUT2D eigenvalue weighted by molar-refractivity contribution is 7.57. The van der Waals surface area contributed by atoms with Gasteiger partial charge in [0.25, 0.3) is 5.91 Å². The van der Waals surface area contributed by atoms with Crippen molar-refractivity contribution in [3.05, 3.63) is 89.1 Å². The summed E-state index contributed by atoms with van der Waals surface area (Å²) in [6.07, 6.45) is 8.02. The highest BCUT2D eigenvalue weighted by Gasteiger charge is 2.53. The van der Waals surface area contributed by atoms with E-state index in [9.17, 15) is 23.7 Å². The van der Waals surface area contributed by atoms with Crippen molar-refractivity contribution in [1.29, 1.82) is 0 Å². The fourth-order valence-electron chi connectivity index (χ4n) is 9.68. The molecule has 14 nitrogen and oxygen atoms in total. The van der Waals surface area contributed by atoms with E-state index in [2.05, 4.69) is 20.3 Å². The molecule has 0 unspecified atom stereocenters. The number of alkyl halides is 1. The molecule has 2 aromatic heterocycles. The lowest BCUT2D eigenvalue weighted by Crippen LogP contribution is -2.59. The summed E-state index contributed by atoms with van der Waals surface area (Å²) in [4.78, 5) is 66.1. The molecule has 63 heavy (non-hydrogen) atoms. The first-order valence-corrected chi connectivity index (χ1v) is 24.7. The Morgan fingerprint density at radius 3 is 2.57 bits per heavy atom. The van der Waals surface area contributed by atoms with Gasteiger partial charge in [-0.3, -0.25) is 28.7 Å². The Morgan fingerprint density at radius 2 is 1.79 bits per heavy atom. The van der Waals surface area contributed by atoms with Gasteiger partial charge in [0.2, 0.25) is 17.7 Å². The van der Waals surface area contributed by atoms with Crippen LogP contribution in [0.25, 0.3) is 10.1 Å². The van der Waals surface area contributed by atoms with E-state index >= 15 is 4.39 Å². The average Bonchev–Trinajstić information content (AvgIpc) is 3.62. The predicted molar refractivity (Wildman–Crippen MR) is 237 cm³/mol. The first-order valence-electron chi connectivity index (χ1n) is 22.1. The van der Waals surface area contributed by atoms with E-state index in [1.54, 1.807) is 53.6 Å². The van der Waals surface area contributed by atoms with Crippen molar-refractivity contribution < 1.29 is 42.1 Å². The van der Waals surface area contributed by atoms with Gasteiger partial charge in [-0.15, -0.1) is 11.3 Å². The SMILES string of the molecule is CCCOC(=O)[C@H](C)N[P@](=O)(Oc1ccccc1)[C@H](F)c1ccc2sc(C(=O)N[C@H]3C[C@H]4C[C@H]4C[C@H]4CC[C@@H](C(=O)N5CC(c6cnccc6N6CCOCC6)C5)N4C3=O)cc2c1. The first-order chi connectivity index (χ1) is 30.5. The molecule has 8 atom stereocenters. The molecule has 9 rings (SSSR count). The number of pyridine rings is 1. The molecule has 0 bridgehead atoms. The number of thiophene rings is 1. The Kier molecular flexibility index (Phi) is 12.6. The van der Waals surface area contributed by atoms with Crippen molar-refractivity contribution in [1.82, 2.24) is 25.2 Å². The van der Waals surface area contributed by atoms with Crippen LogP contribution in [0.4, 0.5) is 10.1 Å². The van der Waals surface area contributed by atoms with Crippen molar-refractivity contribution >= 4 is 58.3 Å². The average molecular weight is 901 g/mol. The highest BCUT2D eigenvalue weighted by Crippen LogP contribution is 2.58. The summed E-state index contributed by atoms with van der Waals surface area (Å²) in [5, 5.41) is 6.19. The molecule has 5 fully saturated rings. The summed E-state index contributed by atoms with van der Waals surface area (Å²) in [6, 6.07) is 14.0. The number of para-hydroxylation sites is 1. The van der Waals surface area contributed by atoms with Crippen LogP contribution in [0.3, 0.4) is 0 Å². The maximum Gasteiger partial charge on any atom is 0.355 e. The van der Waals surface area contributed by atoms with Gasteiger partial charge in [-0.25, -0.2) is 9.48 Å². The van der Waals surface area contributed by atoms with Crippen LogP contribution in [-0.2, 0) is 28.4 Å². The molecule has 5 aliphatic rings. The van der Waals surface area contributed by atoms with E-state index in [1.807, 2.05) is 24.1 Å². The van der Waals surface area contributed by atoms with Gasteiger partial charge >= 0.3 is 13.5 Å². The number of nitrogens with one attached hydrogen (secondary N) is 2. The molecule has 4 aromatic rings. The van der Waals surface area contributed by atoms with E-state index in [0.717, 1.165) is 43.6 Å². The normalized spacial score (nSPS) is 25.4. The second-order valence-electron chi connectivity index (χ2n) is 17.5. The zero-order valence-electron chi connectivity index (χ0n) is 35.5. The molecule has 6 heterocycles. The zero-order valence-corrected chi connectivity index (χ0v) is 37.2. The Labute approximate surface area is 370 Å². The highest BCUT2D eigenvalue weighted by atomic mass is 32.1. The molecule has 3 amide bonds. The molecule has 4 saturated heterocycles. The van der Waals surface area contributed by atoms with Gasteiger partial charge in [0.05, 0.1) is 24.7 Å². The van der Waals surface area contributed by atoms with Gasteiger partial charge in [0, 0.05) is 66.5 Å². The van der Waals surface area contributed by atoms with Gasteiger partial charge in [-0.1, -0.05) is 31.2 Å². The van der Waals surface area contributed by atoms with Crippen LogP contribution in [0.5, 0.6) is 5.75 Å². The lowest BCUT2D eigenvalue weighted by molar-refractivity contribution is -0.149. The maximum absolute atomic E-state index is 16.6. The third kappa shape index (κ3) is 9.09. The van der Waals surface area contributed by atoms with Crippen LogP contribution in [0.15, 0.2) is 73.1 Å². The van der Waals surface area contributed by atoms with Crippen molar-refractivity contribution in [2.24, 2.45) is 11.8 Å². The topological polar surface area (TPSA) is 160 Å². The quantitative estimate of drug-likeness (QED) is 0.101. The van der Waals surface area contributed by atoms with E-state index in [-0.39, 0.29) is 41.7 Å². The minimum atomic E-state index is -4.45. The number of morpholine rings is 1. The minimum Gasteiger partial charge on any atom is -0.465 e. The van der Waals surface area contributed by atoms with Crippen LogP contribution < -0.4 is 19.8 Å². The number of hydrogen-bond acceptors (Lipinski definition) is 11. The Hall–Kier alpha value is -4.89. The number of fused-ring (bicyclic) bond motifs is 3. The molecule has 1 saturated carbocycles. The second kappa shape index (κ2) is 18.3. The Bertz CT molecular complexity index is 2390. The Balaban J connectivity index is 0.887. The number of nitrogens with zero attached hydrogens (tertiary/aromatic N) is 4. The fourth-order valence-corrected chi connectivity index (χ4v) is 12.5. The van der Waals surface area contributed by atoms with Crippen LogP contribution in [0.1, 0.15) is 85.0 Å². The van der Waals surface area contributed by atoms with Crippen molar-refractivity contribution in [2.45, 2.75) is 88.4 Å². The molecule has 2 N–H and O–H groups in total. The summed E-state index contributed by atoms with van der Waals surface area (Å²) in [5.41, 5.74) is 2.30. The van der Waals surface area contributed by atoms with Crippen LogP contribution in [-0.4, -0.2) is 109 Å². The molecular weight excluding hydrogens is 847 g/mol. The standard InChI is InChI=1S/C46H54FN6O8PS/c1-3-17-60-46(57)28(2)50-62(58,61-35-7-5-4-6-8-35)42(47)29-9-12-40-32(20-29)24-41(63-40)43(54)49-37-23-31-21-30(31)22-34-10-11-39(53(34)44(37)55)45(56)52-26-33(27-52)36-25-48-14-13-38(36)51-15-18-59-19-16-51/h4-9,12-14,20,24-25,28,30-31,33-34,37,39,42H,3,10-11,15-19,21-23,26-27H2,1-2H3,(H,49,54)(H,50,58)/t28-,30-,31+,34+,37-,39-,42-,62+/m0/s1. The second-order valence-corrected chi connectivity index (χ2v) is 20.7. The predicted octanol–water partition coefficient (Wildman–Crippen LogP) is 6.82. The van der Waals surface area contributed by atoms with Gasteiger partial charge in [0.15, 0.2) is 0 Å². The van der Waals surface area contributed by atoms with Gasteiger partial charge in [0.1, 0.15) is 23.9 Å². The van der Waals surface area contributed by atoms with Crippen molar-refractivity contribution in [2.75, 3.05) is 50.9 Å². The molecule has 0 radical (unpaired) electrons. The summed E-state index contributed by atoms with van der Waals surface area (Å²) < 4.78 is 48.2. The van der Waals surface area contributed by atoms with E-state index in [1.165, 1.54) is 30.4 Å². The number of carbonyl (C=O) groups excluding carboxylic acids is 4. The summed E-state index contributed by atoms with van der Waals surface area (Å²) >= 11 is 1.21. The third-order valence-corrected chi connectivity index (χ3v) is 16.4. The first kappa shape index (κ1) is 43.4. The number of hydrogen-bond donors (Lipinski definition) is 2. The number of anilines is 1. The maximum atomic E-state index is 16.6. The molecule has 17 heteroatoms. The largest absolute Gasteiger partial charge is 0.465 e. The van der Waals surface area contributed by atoms with Gasteiger partial charge in [-0.2, -0.15) is 0 Å². The fraction of sp³-hybridized carbons (Fsp3) is 0.500. The van der Waals surface area contributed by atoms with Gasteiger partial charge in [-0.05, 0) is 105 Å². The number of benzene rings is 2. The number of halogens is 1. The van der Waals surface area contributed by atoms with E-state index < -0.39 is 43.4 Å². The van der Waals surface area contributed by atoms with Crippen molar-refractivity contribution in [3.63, 3.8) is 0 Å². The van der Waals surface area contributed by atoms with E-state index in [0.29, 0.717) is 72.4 Å². The molecule has 334 valence electrons. The van der Waals surface area contributed by atoms with Crippen LogP contribution in [0.2, 0.25) is 0 Å². The molecule has 1 aliphatic carbocycles. The number of amides is 3. The third-order valence-electron chi connectivity index (χ3n) is 13.1. The molecular formula is C46H54FN6O8PS. The Morgan fingerprint density at radius 1 is 1.02 bits per heavy atom. The molecule has 2 aromatic carbocycles. The zero-order chi connectivity index (χ0) is 43.8. The van der Waals surface area contributed by atoms with Crippen molar-refractivity contribution in [3.8, 4) is 5.75 Å². The number of carbonyl (C=O) groups is 4. The number of likely N-dealkylation sites (tertiary alicyclic amines) is 1. The van der Waals surface area contributed by atoms with E-state index in [4.69, 9.17) is 14.0 Å². The molecule has 4 aliphatic heterocycles. The molecule has 0 spiro atoms. The summed E-state index contributed by atoms with van der Waals surface area (Å²) in [5.74, 6) is -2.46. The monoisotopic (exact) mass is 900 g/mol. The van der Waals surface area contributed by atoms with Crippen LogP contribution >= 0.6 is 18.9 Å². The summed E-state index contributed by atoms with van der Waals surface area (Å²) in [6.45, 7) is 7.55.